The third kappa shape index (κ3) is 1.77. The molecule has 1 unspecified atom stereocenters. The van der Waals surface area contributed by atoms with Crippen LogP contribution in [0.25, 0.3) is 0 Å². The Balaban J connectivity index is 2.94. The van der Waals surface area contributed by atoms with Crippen molar-refractivity contribution in [3.8, 4) is 0 Å². The highest BCUT2D eigenvalue weighted by Gasteiger charge is 2.46. The van der Waals surface area contributed by atoms with E-state index in [-0.39, 0.29) is 10.8 Å². The van der Waals surface area contributed by atoms with E-state index in [0.717, 1.165) is 6.42 Å². The largest absolute Gasteiger partial charge is 0.294 e. The van der Waals surface area contributed by atoms with Crippen molar-refractivity contribution in [1.29, 1.82) is 0 Å². The Morgan fingerprint density at radius 1 is 1.14 bits per heavy atom. The van der Waals surface area contributed by atoms with Gasteiger partial charge in [-0.3, -0.25) is 4.79 Å². The predicted octanol–water partition coefficient (Wildman–Crippen LogP) is 3.74. The molecule has 1 fully saturated rings. The Morgan fingerprint density at radius 3 is 2.21 bits per heavy atom. The number of rotatable bonds is 2. The second-order valence-corrected chi connectivity index (χ2v) is 5.29. The maximum absolute atomic E-state index is 12.0. The van der Waals surface area contributed by atoms with Crippen LogP contribution in [-0.4, -0.2) is 5.78 Å². The van der Waals surface area contributed by atoms with Gasteiger partial charge >= 0.3 is 0 Å². The Labute approximate surface area is 87.6 Å². The normalized spacial score (nSPS) is 32.0. The van der Waals surface area contributed by atoms with Gasteiger partial charge in [-0.15, -0.1) is 0 Å². The van der Waals surface area contributed by atoms with Crippen LogP contribution < -0.4 is 0 Å². The monoisotopic (exact) mass is 194 g/mol. The highest BCUT2D eigenvalue weighted by Crippen LogP contribution is 2.50. The maximum atomic E-state index is 12.0. The van der Waals surface area contributed by atoms with Gasteiger partial charge in [0.1, 0.15) is 0 Å². The number of hydrogen-bond donors (Lipinski definition) is 0. The fraction of sp³-hybridized carbons (Fsp3) is 0.769. The summed E-state index contributed by atoms with van der Waals surface area (Å²) in [4.78, 5) is 12.0. The molecule has 0 heterocycles. The molecule has 0 bridgehead atoms. The zero-order valence-electron chi connectivity index (χ0n) is 9.89. The van der Waals surface area contributed by atoms with Crippen molar-refractivity contribution in [1.82, 2.24) is 0 Å². The minimum absolute atomic E-state index is 0.141. The summed E-state index contributed by atoms with van der Waals surface area (Å²) in [5.41, 5.74) is 0.0135. The van der Waals surface area contributed by atoms with Crippen molar-refractivity contribution in [2.75, 3.05) is 0 Å². The average molecular weight is 194 g/mol. The molecular weight excluding hydrogens is 172 g/mol. The summed E-state index contributed by atoms with van der Waals surface area (Å²) in [5.74, 6) is 0.310. The minimum atomic E-state index is -0.141. The van der Waals surface area contributed by atoms with Gasteiger partial charge in [0.25, 0.3) is 0 Å². The van der Waals surface area contributed by atoms with E-state index in [0.29, 0.717) is 5.78 Å². The summed E-state index contributed by atoms with van der Waals surface area (Å²) in [7, 11) is 0. The molecule has 1 aliphatic rings. The van der Waals surface area contributed by atoms with Gasteiger partial charge in [0.2, 0.25) is 0 Å². The molecule has 1 heteroatoms. The summed E-state index contributed by atoms with van der Waals surface area (Å²) in [6.45, 7) is 8.51. The summed E-state index contributed by atoms with van der Waals surface area (Å²) >= 11 is 0. The first kappa shape index (κ1) is 11.5. The lowest BCUT2D eigenvalue weighted by atomic mass is 9.57. The molecule has 0 aromatic heterocycles. The third-order valence-corrected chi connectivity index (χ3v) is 4.08. The lowest BCUT2D eigenvalue weighted by Gasteiger charge is -2.46. The molecule has 0 spiro atoms. The van der Waals surface area contributed by atoms with Gasteiger partial charge in [-0.05, 0) is 31.3 Å². The van der Waals surface area contributed by atoms with Crippen LogP contribution in [0.1, 0.15) is 53.4 Å². The van der Waals surface area contributed by atoms with Crippen molar-refractivity contribution in [3.63, 3.8) is 0 Å². The fourth-order valence-electron chi connectivity index (χ4n) is 2.45. The molecule has 80 valence electrons. The van der Waals surface area contributed by atoms with Crippen LogP contribution in [0.3, 0.4) is 0 Å². The molecule has 0 N–H and O–H groups in total. The second kappa shape index (κ2) is 3.88. The Bertz CT molecular complexity index is 250. The Kier molecular flexibility index (Phi) is 3.18. The lowest BCUT2D eigenvalue weighted by molar-refractivity contribution is -0.132. The van der Waals surface area contributed by atoms with Gasteiger partial charge < -0.3 is 0 Å². The third-order valence-electron chi connectivity index (χ3n) is 4.08. The van der Waals surface area contributed by atoms with E-state index in [1.807, 2.05) is 13.0 Å². The molecule has 1 atom stereocenters. The smallest absolute Gasteiger partial charge is 0.161 e. The molecule has 1 nitrogen and oxygen atoms in total. The number of hydrogen-bond acceptors (Lipinski definition) is 1. The Hall–Kier alpha value is -0.590. The van der Waals surface area contributed by atoms with Crippen LogP contribution in [0.4, 0.5) is 0 Å². The topological polar surface area (TPSA) is 17.1 Å². The first-order valence-corrected chi connectivity index (χ1v) is 5.61. The van der Waals surface area contributed by atoms with Crippen LogP contribution in [0.15, 0.2) is 12.2 Å². The number of carbonyl (C=O) groups is 1. The fourth-order valence-corrected chi connectivity index (χ4v) is 2.45. The Morgan fingerprint density at radius 2 is 1.71 bits per heavy atom. The van der Waals surface area contributed by atoms with Crippen molar-refractivity contribution < 1.29 is 4.79 Å². The SMILES string of the molecule is CC=CC(=O)C1(C)CCCCC1(C)C. The molecule has 14 heavy (non-hydrogen) atoms. The van der Waals surface area contributed by atoms with Crippen molar-refractivity contribution in [2.24, 2.45) is 10.8 Å². The van der Waals surface area contributed by atoms with Crippen LogP contribution >= 0.6 is 0 Å². The number of ketones is 1. The molecular formula is C13H22O. The standard InChI is InChI=1S/C13H22O/c1-5-8-11(14)13(4)10-7-6-9-12(13,2)3/h5,8H,6-7,9-10H2,1-4H3. The van der Waals surface area contributed by atoms with Gasteiger partial charge in [-0.1, -0.05) is 39.7 Å². The van der Waals surface area contributed by atoms with Crippen LogP contribution in [0.2, 0.25) is 0 Å². The maximum Gasteiger partial charge on any atom is 0.161 e. The lowest BCUT2D eigenvalue weighted by Crippen LogP contribution is -2.43. The van der Waals surface area contributed by atoms with E-state index in [9.17, 15) is 4.79 Å². The first-order valence-electron chi connectivity index (χ1n) is 5.61. The van der Waals surface area contributed by atoms with Crippen molar-refractivity contribution in [2.45, 2.75) is 53.4 Å². The van der Waals surface area contributed by atoms with Crippen LogP contribution in [-0.2, 0) is 4.79 Å². The summed E-state index contributed by atoms with van der Waals surface area (Å²) in [6, 6.07) is 0. The molecule has 1 aliphatic carbocycles. The highest BCUT2D eigenvalue weighted by atomic mass is 16.1. The molecule has 1 rings (SSSR count). The van der Waals surface area contributed by atoms with Gasteiger partial charge in [0, 0.05) is 5.41 Å². The zero-order chi connectivity index (χ0) is 10.8. The number of allylic oxidation sites excluding steroid dienone is 2. The van der Waals surface area contributed by atoms with Gasteiger partial charge in [-0.2, -0.15) is 0 Å². The summed E-state index contributed by atoms with van der Waals surface area (Å²) in [6.07, 6.45) is 8.29. The van der Waals surface area contributed by atoms with Gasteiger partial charge in [0.05, 0.1) is 0 Å². The van der Waals surface area contributed by atoms with Crippen LogP contribution in [0, 0.1) is 10.8 Å². The minimum Gasteiger partial charge on any atom is -0.294 e. The number of carbonyl (C=O) groups excluding carboxylic acids is 1. The van der Waals surface area contributed by atoms with E-state index in [2.05, 4.69) is 20.8 Å². The molecule has 1 saturated carbocycles. The summed E-state index contributed by atoms with van der Waals surface area (Å²) < 4.78 is 0. The molecule has 0 amide bonds. The quantitative estimate of drug-likeness (QED) is 0.612. The van der Waals surface area contributed by atoms with Crippen molar-refractivity contribution in [3.05, 3.63) is 12.2 Å². The second-order valence-electron chi connectivity index (χ2n) is 5.29. The molecule has 0 saturated heterocycles. The molecule has 0 radical (unpaired) electrons. The summed E-state index contributed by atoms with van der Waals surface area (Å²) in [5, 5.41) is 0. The van der Waals surface area contributed by atoms with E-state index < -0.39 is 0 Å². The van der Waals surface area contributed by atoms with E-state index in [1.54, 1.807) is 6.08 Å². The van der Waals surface area contributed by atoms with E-state index in [1.165, 1.54) is 19.3 Å². The van der Waals surface area contributed by atoms with E-state index in [4.69, 9.17) is 0 Å². The van der Waals surface area contributed by atoms with Gasteiger partial charge in [-0.25, -0.2) is 0 Å². The first-order chi connectivity index (χ1) is 6.44. The average Bonchev–Trinajstić information content (AvgIpc) is 2.10. The zero-order valence-corrected chi connectivity index (χ0v) is 9.89. The molecule has 0 aromatic rings. The van der Waals surface area contributed by atoms with E-state index >= 15 is 0 Å². The molecule has 0 aromatic carbocycles. The van der Waals surface area contributed by atoms with Gasteiger partial charge in [0.15, 0.2) is 5.78 Å². The van der Waals surface area contributed by atoms with Crippen LogP contribution in [0.5, 0.6) is 0 Å². The van der Waals surface area contributed by atoms with Crippen molar-refractivity contribution >= 4 is 5.78 Å². The highest BCUT2D eigenvalue weighted by molar-refractivity contribution is 5.95. The predicted molar refractivity (Wildman–Crippen MR) is 60.2 cm³/mol. The molecule has 0 aliphatic heterocycles.